The highest BCUT2D eigenvalue weighted by molar-refractivity contribution is 5.85. The second-order valence-electron chi connectivity index (χ2n) is 6.81. The van der Waals surface area contributed by atoms with Crippen LogP contribution in [0.1, 0.15) is 32.1 Å². The third-order valence-electron chi connectivity index (χ3n) is 5.73. The van der Waals surface area contributed by atoms with Crippen LogP contribution in [0.5, 0.6) is 0 Å². The third-order valence-corrected chi connectivity index (χ3v) is 5.73. The van der Waals surface area contributed by atoms with Crippen molar-refractivity contribution in [1.29, 1.82) is 0 Å². The number of rotatable bonds is 3. The van der Waals surface area contributed by atoms with Gasteiger partial charge in [-0.2, -0.15) is 0 Å². The average molecular weight is 301 g/mol. The largest absolute Gasteiger partial charge is 0.374 e. The zero-order valence-electron chi connectivity index (χ0n) is 11.9. The van der Waals surface area contributed by atoms with Crippen molar-refractivity contribution in [1.82, 2.24) is 10.2 Å². The zero-order valence-corrected chi connectivity index (χ0v) is 12.7. The standard InChI is InChI=1S/C15H24N2O2.ClH/c18-15(4-1-10-5-6-16-7-10)17-8-11-12(9-17)14-3-2-13(11)19-14;/h10-14,16H,1-9H2;1H. The number of hydrogen-bond donors (Lipinski definition) is 1. The van der Waals surface area contributed by atoms with E-state index in [1.807, 2.05) is 0 Å². The van der Waals surface area contributed by atoms with Gasteiger partial charge >= 0.3 is 0 Å². The molecule has 114 valence electrons. The van der Waals surface area contributed by atoms with E-state index < -0.39 is 0 Å². The van der Waals surface area contributed by atoms with E-state index in [1.165, 1.54) is 19.3 Å². The second kappa shape index (κ2) is 5.82. The summed E-state index contributed by atoms with van der Waals surface area (Å²) in [5, 5.41) is 3.38. The van der Waals surface area contributed by atoms with Crippen LogP contribution >= 0.6 is 12.4 Å². The minimum atomic E-state index is 0. The third kappa shape index (κ3) is 2.46. The maximum absolute atomic E-state index is 12.3. The Morgan fingerprint density at radius 3 is 2.45 bits per heavy atom. The Hall–Kier alpha value is -0.320. The zero-order chi connectivity index (χ0) is 12.8. The van der Waals surface area contributed by atoms with Crippen molar-refractivity contribution in [3.05, 3.63) is 0 Å². The highest BCUT2D eigenvalue weighted by atomic mass is 35.5. The summed E-state index contributed by atoms with van der Waals surface area (Å²) in [6, 6.07) is 0. The Kier molecular flexibility index (Phi) is 4.25. The lowest BCUT2D eigenvalue weighted by molar-refractivity contribution is -0.131. The first-order valence-corrected chi connectivity index (χ1v) is 7.95. The fourth-order valence-electron chi connectivity index (χ4n) is 4.61. The molecule has 0 aromatic heterocycles. The lowest BCUT2D eigenvalue weighted by Gasteiger charge is -2.19. The number of ether oxygens (including phenoxy) is 1. The number of likely N-dealkylation sites (tertiary alicyclic amines) is 1. The molecule has 4 aliphatic rings. The summed E-state index contributed by atoms with van der Waals surface area (Å²) < 4.78 is 5.96. The minimum absolute atomic E-state index is 0. The molecule has 1 N–H and O–H groups in total. The van der Waals surface area contributed by atoms with E-state index in [4.69, 9.17) is 4.74 Å². The molecule has 2 bridgehead atoms. The number of halogens is 1. The first kappa shape index (κ1) is 14.6. The van der Waals surface area contributed by atoms with Crippen LogP contribution in [0, 0.1) is 17.8 Å². The molecule has 0 saturated carbocycles. The van der Waals surface area contributed by atoms with E-state index in [2.05, 4.69) is 10.2 Å². The number of carbonyl (C=O) groups is 1. The van der Waals surface area contributed by atoms with Gasteiger partial charge in [0.1, 0.15) is 0 Å². The van der Waals surface area contributed by atoms with Gasteiger partial charge in [0.25, 0.3) is 0 Å². The highest BCUT2D eigenvalue weighted by Gasteiger charge is 2.53. The Morgan fingerprint density at radius 1 is 1.15 bits per heavy atom. The fraction of sp³-hybridized carbons (Fsp3) is 0.933. The molecule has 0 aromatic carbocycles. The maximum Gasteiger partial charge on any atom is 0.222 e. The summed E-state index contributed by atoms with van der Waals surface area (Å²) in [4.78, 5) is 14.5. The van der Waals surface area contributed by atoms with Crippen LogP contribution in [0.2, 0.25) is 0 Å². The van der Waals surface area contributed by atoms with Crippen LogP contribution < -0.4 is 5.32 Å². The molecule has 4 aliphatic heterocycles. The van der Waals surface area contributed by atoms with Gasteiger partial charge in [-0.05, 0) is 44.7 Å². The van der Waals surface area contributed by atoms with E-state index in [9.17, 15) is 4.79 Å². The summed E-state index contributed by atoms with van der Waals surface area (Å²) in [7, 11) is 0. The average Bonchev–Trinajstić information content (AvgIpc) is 3.14. The van der Waals surface area contributed by atoms with Crippen LogP contribution in [-0.4, -0.2) is 49.2 Å². The number of nitrogens with one attached hydrogen (secondary N) is 1. The first-order valence-electron chi connectivity index (χ1n) is 7.95. The van der Waals surface area contributed by atoms with Crippen molar-refractivity contribution >= 4 is 18.3 Å². The van der Waals surface area contributed by atoms with Crippen molar-refractivity contribution < 1.29 is 9.53 Å². The number of nitrogens with zero attached hydrogens (tertiary/aromatic N) is 1. The molecule has 20 heavy (non-hydrogen) atoms. The highest BCUT2D eigenvalue weighted by Crippen LogP contribution is 2.47. The Balaban J connectivity index is 0.00000121. The number of hydrogen-bond acceptors (Lipinski definition) is 3. The van der Waals surface area contributed by atoms with Crippen molar-refractivity contribution in [2.75, 3.05) is 26.2 Å². The lowest BCUT2D eigenvalue weighted by Crippen LogP contribution is -2.31. The minimum Gasteiger partial charge on any atom is -0.374 e. The smallest absolute Gasteiger partial charge is 0.222 e. The normalized spacial score (nSPS) is 41.8. The van der Waals surface area contributed by atoms with E-state index in [0.717, 1.165) is 44.9 Å². The summed E-state index contributed by atoms with van der Waals surface area (Å²) in [5.41, 5.74) is 0. The number of fused-ring (bicyclic) bond motifs is 5. The molecule has 4 heterocycles. The SMILES string of the molecule is Cl.O=C(CCC1CCNC1)N1CC2C3CCC(O3)C2C1. The van der Waals surface area contributed by atoms with Crippen LogP contribution in [0.4, 0.5) is 0 Å². The first-order chi connectivity index (χ1) is 9.31. The molecule has 5 unspecified atom stereocenters. The van der Waals surface area contributed by atoms with Gasteiger partial charge in [-0.15, -0.1) is 12.4 Å². The van der Waals surface area contributed by atoms with E-state index in [0.29, 0.717) is 30.0 Å². The molecular weight excluding hydrogens is 276 g/mol. The predicted octanol–water partition coefficient (Wildman–Crippen LogP) is 1.43. The summed E-state index contributed by atoms with van der Waals surface area (Å²) in [5.74, 6) is 2.41. The summed E-state index contributed by atoms with van der Waals surface area (Å²) >= 11 is 0. The van der Waals surface area contributed by atoms with Crippen LogP contribution in [0.15, 0.2) is 0 Å². The molecule has 0 spiro atoms. The van der Waals surface area contributed by atoms with Gasteiger partial charge in [0.2, 0.25) is 5.91 Å². The predicted molar refractivity (Wildman–Crippen MR) is 78.9 cm³/mol. The lowest BCUT2D eigenvalue weighted by atomic mass is 9.82. The summed E-state index contributed by atoms with van der Waals surface area (Å²) in [6.07, 6.45) is 6.45. The van der Waals surface area contributed by atoms with Gasteiger partial charge in [0.05, 0.1) is 12.2 Å². The molecule has 0 radical (unpaired) electrons. The van der Waals surface area contributed by atoms with Gasteiger partial charge in [-0.25, -0.2) is 0 Å². The summed E-state index contributed by atoms with van der Waals surface area (Å²) in [6.45, 7) is 4.17. The van der Waals surface area contributed by atoms with Crippen molar-refractivity contribution in [3.63, 3.8) is 0 Å². The van der Waals surface area contributed by atoms with Gasteiger partial charge in [0, 0.05) is 31.3 Å². The van der Waals surface area contributed by atoms with Gasteiger partial charge in [-0.1, -0.05) is 0 Å². The molecule has 4 rings (SSSR count). The van der Waals surface area contributed by atoms with E-state index >= 15 is 0 Å². The monoisotopic (exact) mass is 300 g/mol. The van der Waals surface area contributed by atoms with Crippen molar-refractivity contribution in [3.8, 4) is 0 Å². The fourth-order valence-corrected chi connectivity index (χ4v) is 4.61. The van der Waals surface area contributed by atoms with Gasteiger partial charge in [-0.3, -0.25) is 4.79 Å². The topological polar surface area (TPSA) is 41.6 Å². The van der Waals surface area contributed by atoms with Crippen molar-refractivity contribution in [2.24, 2.45) is 17.8 Å². The van der Waals surface area contributed by atoms with Crippen LogP contribution in [0.3, 0.4) is 0 Å². The van der Waals surface area contributed by atoms with Crippen molar-refractivity contribution in [2.45, 2.75) is 44.3 Å². The number of amides is 1. The molecule has 5 atom stereocenters. The van der Waals surface area contributed by atoms with Crippen LogP contribution in [0.25, 0.3) is 0 Å². The quantitative estimate of drug-likeness (QED) is 0.857. The molecule has 4 fully saturated rings. The number of carbonyl (C=O) groups excluding carboxylic acids is 1. The molecule has 0 aromatic rings. The second-order valence-corrected chi connectivity index (χ2v) is 6.81. The molecule has 5 heteroatoms. The Labute approximate surface area is 127 Å². The van der Waals surface area contributed by atoms with Gasteiger partial charge < -0.3 is 15.0 Å². The molecule has 1 amide bonds. The Morgan fingerprint density at radius 2 is 1.85 bits per heavy atom. The maximum atomic E-state index is 12.3. The molecule has 4 saturated heterocycles. The van der Waals surface area contributed by atoms with E-state index in [1.54, 1.807) is 0 Å². The molecule has 0 aliphatic carbocycles. The Bertz CT molecular complexity index is 355. The van der Waals surface area contributed by atoms with Gasteiger partial charge in [0.15, 0.2) is 0 Å². The van der Waals surface area contributed by atoms with Crippen LogP contribution in [-0.2, 0) is 9.53 Å². The molecule has 4 nitrogen and oxygen atoms in total. The molecular formula is C15H25ClN2O2. The van der Waals surface area contributed by atoms with E-state index in [-0.39, 0.29) is 12.4 Å².